The third kappa shape index (κ3) is 6.95. The van der Waals surface area contributed by atoms with Gasteiger partial charge >= 0.3 is 12.0 Å². The maximum absolute atomic E-state index is 13.3. The van der Waals surface area contributed by atoms with E-state index in [9.17, 15) is 14.7 Å². The molecule has 2 aliphatic rings. The van der Waals surface area contributed by atoms with Crippen LogP contribution in [0.1, 0.15) is 54.8 Å². The maximum atomic E-state index is 13.3. The van der Waals surface area contributed by atoms with Crippen LogP contribution in [0.15, 0.2) is 24.5 Å². The summed E-state index contributed by atoms with van der Waals surface area (Å²) in [6, 6.07) is 4.44. The summed E-state index contributed by atoms with van der Waals surface area (Å²) in [7, 11) is 1.50. The second-order valence-corrected chi connectivity index (χ2v) is 12.3. The lowest BCUT2D eigenvalue weighted by atomic mass is 9.83. The number of hydrogen-bond acceptors (Lipinski definition) is 7. The van der Waals surface area contributed by atoms with E-state index in [4.69, 9.17) is 9.72 Å². The first kappa shape index (κ1) is 27.3. The first-order chi connectivity index (χ1) is 17.3. The summed E-state index contributed by atoms with van der Waals surface area (Å²) in [5.41, 5.74) is 2.99. The molecule has 4 unspecified atom stereocenters. The van der Waals surface area contributed by atoms with Crippen molar-refractivity contribution in [2.45, 2.75) is 58.8 Å². The van der Waals surface area contributed by atoms with E-state index in [-0.39, 0.29) is 32.2 Å². The third-order valence-corrected chi connectivity index (χ3v) is 9.03. The molecule has 4 heterocycles. The molecule has 1 saturated heterocycles. The fourth-order valence-electron chi connectivity index (χ4n) is 4.97. The molecule has 9 nitrogen and oxygen atoms in total. The maximum Gasteiger partial charge on any atom is 0.316 e. The monoisotopic (exact) mass is 719 g/mol. The molecular formula is C25H31I2N5O4. The average Bonchev–Trinajstić information content (AvgIpc) is 2.87. The third-order valence-electron chi connectivity index (χ3n) is 6.88. The normalized spacial score (nSPS) is 21.1. The molecule has 194 valence electrons. The largest absolute Gasteiger partial charge is 0.481 e. The first-order valence-corrected chi connectivity index (χ1v) is 14.7. The van der Waals surface area contributed by atoms with Gasteiger partial charge in [0.15, 0.2) is 0 Å². The number of nitrogens with one attached hydrogen (secondary N) is 1. The predicted octanol–water partition coefficient (Wildman–Crippen LogP) is 4.23. The van der Waals surface area contributed by atoms with Crippen LogP contribution >= 0.6 is 45.2 Å². The molecule has 0 spiro atoms. The molecule has 0 aromatic carbocycles. The quantitative estimate of drug-likeness (QED) is 0.225. The van der Waals surface area contributed by atoms with E-state index in [1.165, 1.54) is 12.7 Å². The first-order valence-electron chi connectivity index (χ1n) is 12.2. The van der Waals surface area contributed by atoms with E-state index >= 15 is 0 Å². The molecule has 2 aliphatic heterocycles. The summed E-state index contributed by atoms with van der Waals surface area (Å²) in [6.45, 7) is 1.62. The van der Waals surface area contributed by atoms with Gasteiger partial charge in [0.05, 0.1) is 21.5 Å². The van der Waals surface area contributed by atoms with Gasteiger partial charge in [0.25, 0.3) is 0 Å². The van der Waals surface area contributed by atoms with Crippen LogP contribution in [-0.4, -0.2) is 65.0 Å². The molecule has 0 aliphatic carbocycles. The highest BCUT2D eigenvalue weighted by molar-refractivity contribution is 14.1. The number of carboxylic acid groups (broad SMARTS) is 1. The van der Waals surface area contributed by atoms with Gasteiger partial charge in [0.1, 0.15) is 5.82 Å². The van der Waals surface area contributed by atoms with E-state index < -0.39 is 5.97 Å². The van der Waals surface area contributed by atoms with E-state index in [1.807, 2.05) is 11.0 Å². The molecule has 36 heavy (non-hydrogen) atoms. The Morgan fingerprint density at radius 2 is 2.08 bits per heavy atom. The molecule has 1 amide bonds. The molecule has 2 N–H and O–H groups in total. The molecule has 2 aromatic rings. The van der Waals surface area contributed by atoms with Crippen LogP contribution in [0.3, 0.4) is 0 Å². The van der Waals surface area contributed by atoms with Crippen LogP contribution in [-0.2, 0) is 22.4 Å². The fourth-order valence-corrected chi connectivity index (χ4v) is 7.05. The number of aliphatic carboxylic acids is 1. The highest BCUT2D eigenvalue weighted by atomic mass is 127. The van der Waals surface area contributed by atoms with Gasteiger partial charge in [0, 0.05) is 37.6 Å². The number of hydrogen-bond donors (Lipinski definition) is 2. The minimum Gasteiger partial charge on any atom is -0.481 e. The second-order valence-electron chi connectivity index (χ2n) is 9.40. The number of carbonyl (C=O) groups excluding carboxylic acids is 1. The van der Waals surface area contributed by atoms with Gasteiger partial charge in [-0.3, -0.25) is 9.59 Å². The lowest BCUT2D eigenvalue weighted by Gasteiger charge is -2.38. The van der Waals surface area contributed by atoms with Crippen molar-refractivity contribution in [1.29, 1.82) is 0 Å². The number of piperidine rings is 1. The van der Waals surface area contributed by atoms with Gasteiger partial charge in [0.2, 0.25) is 5.91 Å². The van der Waals surface area contributed by atoms with Gasteiger partial charge in [-0.2, -0.15) is 0 Å². The SMILES string of the molecule is COc1ncc(C(CC(=O)O)CC2CCN(C(=O)C(I)Cc3ccc4c(n3)NCCC4)C(I)C2)cn1. The Hall–Kier alpha value is -1.77. The number of carboxylic acids is 1. The van der Waals surface area contributed by atoms with Gasteiger partial charge in [-0.25, -0.2) is 15.0 Å². The molecule has 4 rings (SSSR count). The molecule has 0 radical (unpaired) electrons. The topological polar surface area (TPSA) is 118 Å². The number of rotatable bonds is 9. The zero-order valence-corrected chi connectivity index (χ0v) is 24.5. The number of alkyl halides is 2. The summed E-state index contributed by atoms with van der Waals surface area (Å²) in [5, 5.41) is 12.8. The highest BCUT2D eigenvalue weighted by Crippen LogP contribution is 2.36. The fraction of sp³-hybridized carbons (Fsp3) is 0.560. The summed E-state index contributed by atoms with van der Waals surface area (Å²) >= 11 is 4.60. The number of ether oxygens (including phenoxy) is 1. The van der Waals surface area contributed by atoms with E-state index in [1.54, 1.807) is 12.4 Å². The van der Waals surface area contributed by atoms with Gasteiger partial charge < -0.3 is 20.1 Å². The van der Waals surface area contributed by atoms with Crippen LogP contribution in [0.5, 0.6) is 6.01 Å². The van der Waals surface area contributed by atoms with Crippen molar-refractivity contribution >= 4 is 62.9 Å². The number of aromatic nitrogens is 3. The van der Waals surface area contributed by atoms with E-state index in [0.29, 0.717) is 18.9 Å². The summed E-state index contributed by atoms with van der Waals surface area (Å²) in [4.78, 5) is 39.9. The number of fused-ring (bicyclic) bond motifs is 1. The molecule has 4 atom stereocenters. The van der Waals surface area contributed by atoms with Crippen molar-refractivity contribution in [2.24, 2.45) is 5.92 Å². The highest BCUT2D eigenvalue weighted by Gasteiger charge is 2.34. The lowest BCUT2D eigenvalue weighted by molar-refractivity contribution is -0.137. The number of anilines is 1. The standard InChI is InChI=1S/C25H31I2N5O4/c1-36-25-29-13-18(14-30-25)17(11-22(33)34)9-15-6-8-32(21(27)10-15)24(35)20(26)12-19-5-4-16-3-2-7-28-23(16)31-19/h4-5,13-15,17,20-21H,2-3,6-12H2,1H3,(H,28,31)(H,33,34). The van der Waals surface area contributed by atoms with E-state index in [2.05, 4.69) is 66.5 Å². The van der Waals surface area contributed by atoms with Crippen molar-refractivity contribution in [1.82, 2.24) is 19.9 Å². The molecule has 0 bridgehead atoms. The molecule has 11 heteroatoms. The summed E-state index contributed by atoms with van der Waals surface area (Å²) < 4.78 is 4.92. The van der Waals surface area contributed by atoms with E-state index in [0.717, 1.165) is 55.7 Å². The Labute approximate surface area is 238 Å². The Kier molecular flexibility index (Phi) is 9.58. The number of carbonyl (C=O) groups is 2. The summed E-state index contributed by atoms with van der Waals surface area (Å²) in [6.07, 6.45) is 8.53. The smallest absolute Gasteiger partial charge is 0.316 e. The van der Waals surface area contributed by atoms with Crippen LogP contribution in [0.2, 0.25) is 0 Å². The Morgan fingerprint density at radius 1 is 1.31 bits per heavy atom. The van der Waals surface area contributed by atoms with Gasteiger partial charge in [-0.05, 0) is 61.1 Å². The van der Waals surface area contributed by atoms with Crippen LogP contribution in [0, 0.1) is 5.92 Å². The number of halogens is 2. The number of nitrogens with zero attached hydrogens (tertiary/aromatic N) is 4. The minimum atomic E-state index is -0.840. The van der Waals surface area contributed by atoms with Crippen LogP contribution in [0.25, 0.3) is 0 Å². The van der Waals surface area contributed by atoms with Crippen LogP contribution in [0.4, 0.5) is 5.82 Å². The van der Waals surface area contributed by atoms with Gasteiger partial charge in [-0.15, -0.1) is 0 Å². The van der Waals surface area contributed by atoms with Crippen molar-refractivity contribution in [3.05, 3.63) is 41.3 Å². The molecule has 0 saturated carbocycles. The second kappa shape index (κ2) is 12.7. The van der Waals surface area contributed by atoms with Crippen molar-refractivity contribution in [3.8, 4) is 6.01 Å². The number of methoxy groups -OCH3 is 1. The summed E-state index contributed by atoms with van der Waals surface area (Å²) in [5.74, 6) is 0.411. The molecule has 1 fully saturated rings. The number of pyridine rings is 1. The zero-order chi connectivity index (χ0) is 25.7. The zero-order valence-electron chi connectivity index (χ0n) is 20.2. The number of amides is 1. The van der Waals surface area contributed by atoms with Crippen LogP contribution < -0.4 is 10.1 Å². The Bertz CT molecular complexity index is 1070. The van der Waals surface area contributed by atoms with Gasteiger partial charge in [-0.1, -0.05) is 51.2 Å². The van der Waals surface area contributed by atoms with Crippen molar-refractivity contribution < 1.29 is 19.4 Å². The van der Waals surface area contributed by atoms with Crippen molar-refractivity contribution in [2.75, 3.05) is 25.5 Å². The molecular weight excluding hydrogens is 688 g/mol. The predicted molar refractivity (Wildman–Crippen MR) is 153 cm³/mol. The Morgan fingerprint density at radius 3 is 2.78 bits per heavy atom. The van der Waals surface area contributed by atoms with Crippen molar-refractivity contribution in [3.63, 3.8) is 0 Å². The molecule has 2 aromatic heterocycles. The Balaban J connectivity index is 1.34. The average molecular weight is 719 g/mol. The minimum absolute atomic E-state index is 0.0270. The lowest BCUT2D eigenvalue weighted by Crippen LogP contribution is -2.46. The number of aryl methyl sites for hydroxylation is 1. The number of likely N-dealkylation sites (tertiary alicyclic amines) is 1.